The number of carbonyl (C=O) groups is 1. The van der Waals surface area contributed by atoms with E-state index in [4.69, 9.17) is 0 Å². The summed E-state index contributed by atoms with van der Waals surface area (Å²) in [5.41, 5.74) is 2.12. The molecule has 27 heavy (non-hydrogen) atoms. The van der Waals surface area contributed by atoms with Crippen molar-refractivity contribution in [2.45, 2.75) is 13.0 Å². The second-order valence-corrected chi connectivity index (χ2v) is 6.69. The summed E-state index contributed by atoms with van der Waals surface area (Å²) in [5.74, 6) is -0.298. The van der Waals surface area contributed by atoms with Crippen molar-refractivity contribution in [2.24, 2.45) is 0 Å². The van der Waals surface area contributed by atoms with Gasteiger partial charge in [-0.2, -0.15) is 0 Å². The standard InChI is InChI=1S/C20H26N4O3/c1-22(2)19-11-10-17(24(26)27)14-18(19)20(25)21-12-7-13-23(3)15-16-8-5-4-6-9-16/h4-6,8-11,14H,7,12-13,15H2,1-3H3,(H,21,25). The third kappa shape index (κ3) is 6.07. The maximum absolute atomic E-state index is 12.5. The van der Waals surface area contributed by atoms with E-state index in [0.29, 0.717) is 17.8 Å². The van der Waals surface area contributed by atoms with E-state index in [-0.39, 0.29) is 11.6 Å². The van der Waals surface area contributed by atoms with Crippen molar-refractivity contribution in [3.63, 3.8) is 0 Å². The maximum Gasteiger partial charge on any atom is 0.270 e. The Morgan fingerprint density at radius 1 is 1.11 bits per heavy atom. The number of non-ortho nitro benzene ring substituents is 1. The average Bonchev–Trinajstić information content (AvgIpc) is 2.65. The largest absolute Gasteiger partial charge is 0.377 e. The first-order valence-electron chi connectivity index (χ1n) is 8.85. The number of anilines is 1. The van der Waals surface area contributed by atoms with Gasteiger partial charge in [0.1, 0.15) is 0 Å². The molecule has 0 saturated carbocycles. The van der Waals surface area contributed by atoms with Crippen molar-refractivity contribution in [2.75, 3.05) is 39.1 Å². The number of hydrogen-bond donors (Lipinski definition) is 1. The van der Waals surface area contributed by atoms with Gasteiger partial charge in [-0.05, 0) is 31.6 Å². The van der Waals surface area contributed by atoms with Gasteiger partial charge in [0, 0.05) is 45.0 Å². The Kier molecular flexibility index (Phi) is 7.31. The van der Waals surface area contributed by atoms with Crippen molar-refractivity contribution in [3.8, 4) is 0 Å². The van der Waals surface area contributed by atoms with Gasteiger partial charge in [0.25, 0.3) is 11.6 Å². The fourth-order valence-corrected chi connectivity index (χ4v) is 2.83. The summed E-state index contributed by atoms with van der Waals surface area (Å²) in [6.07, 6.45) is 0.793. The van der Waals surface area contributed by atoms with Gasteiger partial charge in [-0.25, -0.2) is 0 Å². The maximum atomic E-state index is 12.5. The number of benzene rings is 2. The average molecular weight is 370 g/mol. The molecule has 1 N–H and O–H groups in total. The molecule has 0 atom stereocenters. The number of amides is 1. The summed E-state index contributed by atoms with van der Waals surface area (Å²) in [5, 5.41) is 13.9. The van der Waals surface area contributed by atoms with Crippen LogP contribution in [0.5, 0.6) is 0 Å². The summed E-state index contributed by atoms with van der Waals surface area (Å²) < 4.78 is 0. The van der Waals surface area contributed by atoms with Crippen LogP contribution in [0.25, 0.3) is 0 Å². The Bertz CT molecular complexity index is 778. The number of carbonyl (C=O) groups excluding carboxylic acids is 1. The molecule has 0 unspecified atom stereocenters. The summed E-state index contributed by atoms with van der Waals surface area (Å²) >= 11 is 0. The monoisotopic (exact) mass is 370 g/mol. The van der Waals surface area contributed by atoms with Gasteiger partial charge < -0.3 is 15.1 Å². The summed E-state index contributed by atoms with van der Waals surface area (Å²) in [6.45, 7) is 2.20. The molecular formula is C20H26N4O3. The molecule has 0 radical (unpaired) electrons. The first kappa shape index (κ1) is 20.4. The highest BCUT2D eigenvalue weighted by atomic mass is 16.6. The molecule has 0 bridgehead atoms. The van der Waals surface area contributed by atoms with Gasteiger partial charge in [-0.3, -0.25) is 14.9 Å². The number of nitro groups is 1. The smallest absolute Gasteiger partial charge is 0.270 e. The number of nitrogens with zero attached hydrogens (tertiary/aromatic N) is 3. The topological polar surface area (TPSA) is 78.7 Å². The third-order valence-electron chi connectivity index (χ3n) is 4.21. The SMILES string of the molecule is CN(CCCNC(=O)c1cc([N+](=O)[O-])ccc1N(C)C)Cc1ccccc1. The van der Waals surface area contributed by atoms with E-state index in [2.05, 4.69) is 22.3 Å². The van der Waals surface area contributed by atoms with Gasteiger partial charge in [-0.15, -0.1) is 0 Å². The zero-order chi connectivity index (χ0) is 19.8. The second kappa shape index (κ2) is 9.68. The number of nitrogens with one attached hydrogen (secondary N) is 1. The van der Waals surface area contributed by atoms with Gasteiger partial charge in [0.05, 0.1) is 10.5 Å². The highest BCUT2D eigenvalue weighted by Crippen LogP contribution is 2.24. The Morgan fingerprint density at radius 3 is 2.44 bits per heavy atom. The Morgan fingerprint density at radius 2 is 1.81 bits per heavy atom. The second-order valence-electron chi connectivity index (χ2n) is 6.69. The van der Waals surface area contributed by atoms with Crippen molar-refractivity contribution in [1.82, 2.24) is 10.2 Å². The quantitative estimate of drug-likeness (QED) is 0.417. The first-order valence-corrected chi connectivity index (χ1v) is 8.85. The Labute approximate surface area is 159 Å². The van der Waals surface area contributed by atoms with Crippen molar-refractivity contribution < 1.29 is 9.72 Å². The van der Waals surface area contributed by atoms with Crippen LogP contribution in [-0.4, -0.2) is 50.0 Å². The first-order chi connectivity index (χ1) is 12.9. The highest BCUT2D eigenvalue weighted by Gasteiger charge is 2.17. The summed E-state index contributed by atoms with van der Waals surface area (Å²) in [7, 11) is 5.65. The number of nitro benzene ring substituents is 1. The lowest BCUT2D eigenvalue weighted by atomic mass is 10.1. The molecule has 0 saturated heterocycles. The zero-order valence-corrected chi connectivity index (χ0v) is 16.0. The molecular weight excluding hydrogens is 344 g/mol. The predicted octanol–water partition coefficient (Wildman–Crippen LogP) is 2.91. The summed E-state index contributed by atoms with van der Waals surface area (Å²) in [6, 6.07) is 14.5. The molecule has 0 aromatic heterocycles. The predicted molar refractivity (Wildman–Crippen MR) is 107 cm³/mol. The van der Waals surface area contributed by atoms with Crippen LogP contribution in [-0.2, 0) is 6.54 Å². The van der Waals surface area contributed by atoms with E-state index in [9.17, 15) is 14.9 Å². The molecule has 0 aliphatic rings. The molecule has 2 rings (SSSR count). The van der Waals surface area contributed by atoms with Gasteiger partial charge >= 0.3 is 0 Å². The van der Waals surface area contributed by atoms with Crippen LogP contribution in [0.15, 0.2) is 48.5 Å². The molecule has 0 aliphatic heterocycles. The molecule has 7 heteroatoms. The fourth-order valence-electron chi connectivity index (χ4n) is 2.83. The van der Waals surface area contributed by atoms with Crippen LogP contribution in [0.2, 0.25) is 0 Å². The molecule has 2 aromatic carbocycles. The minimum Gasteiger partial charge on any atom is -0.377 e. The normalized spacial score (nSPS) is 10.7. The molecule has 144 valence electrons. The summed E-state index contributed by atoms with van der Waals surface area (Å²) in [4.78, 5) is 27.0. The van der Waals surface area contributed by atoms with E-state index in [0.717, 1.165) is 19.5 Å². The lowest BCUT2D eigenvalue weighted by Gasteiger charge is -2.18. The molecule has 0 aliphatic carbocycles. The zero-order valence-electron chi connectivity index (χ0n) is 16.0. The van der Waals surface area contributed by atoms with Crippen LogP contribution in [0.3, 0.4) is 0 Å². The van der Waals surface area contributed by atoms with Crippen molar-refractivity contribution in [3.05, 3.63) is 69.8 Å². The number of hydrogen-bond acceptors (Lipinski definition) is 5. The third-order valence-corrected chi connectivity index (χ3v) is 4.21. The van der Waals surface area contributed by atoms with Gasteiger partial charge in [0.2, 0.25) is 0 Å². The highest BCUT2D eigenvalue weighted by molar-refractivity contribution is 6.00. The van der Waals surface area contributed by atoms with E-state index in [1.807, 2.05) is 25.2 Å². The minimum atomic E-state index is -0.491. The number of rotatable bonds is 9. The molecule has 0 spiro atoms. The fraction of sp³-hybridized carbons (Fsp3) is 0.350. The minimum absolute atomic E-state index is 0.0895. The van der Waals surface area contributed by atoms with Gasteiger partial charge in [0.15, 0.2) is 0 Å². The van der Waals surface area contributed by atoms with Crippen LogP contribution in [0.1, 0.15) is 22.3 Å². The lowest BCUT2D eigenvalue weighted by Crippen LogP contribution is -2.29. The molecule has 7 nitrogen and oxygen atoms in total. The van der Waals surface area contributed by atoms with Crippen molar-refractivity contribution >= 4 is 17.3 Å². The van der Waals surface area contributed by atoms with Crippen LogP contribution in [0, 0.1) is 10.1 Å². The Balaban J connectivity index is 1.88. The van der Waals surface area contributed by atoms with E-state index in [1.54, 1.807) is 25.1 Å². The molecule has 0 fully saturated rings. The molecule has 0 heterocycles. The van der Waals surface area contributed by atoms with E-state index < -0.39 is 4.92 Å². The van der Waals surface area contributed by atoms with Crippen LogP contribution >= 0.6 is 0 Å². The van der Waals surface area contributed by atoms with E-state index >= 15 is 0 Å². The van der Waals surface area contributed by atoms with Gasteiger partial charge in [-0.1, -0.05) is 30.3 Å². The molecule has 2 aromatic rings. The lowest BCUT2D eigenvalue weighted by molar-refractivity contribution is -0.384. The van der Waals surface area contributed by atoms with Crippen LogP contribution in [0.4, 0.5) is 11.4 Å². The van der Waals surface area contributed by atoms with Crippen molar-refractivity contribution in [1.29, 1.82) is 0 Å². The van der Waals surface area contributed by atoms with Crippen LogP contribution < -0.4 is 10.2 Å². The Hall–Kier alpha value is -2.93. The van der Waals surface area contributed by atoms with E-state index in [1.165, 1.54) is 17.7 Å². The molecule has 1 amide bonds.